The molecule has 1 saturated heterocycles. The number of hydrogen-bond donors (Lipinski definition) is 1. The second kappa shape index (κ2) is 7.83. The molecule has 3 unspecified atom stereocenters. The average Bonchev–Trinajstić information content (AvgIpc) is 3.06. The maximum absolute atomic E-state index is 13.3. The van der Waals surface area contributed by atoms with Gasteiger partial charge in [0.1, 0.15) is 5.78 Å². The molecule has 1 heterocycles. The molecule has 4 aliphatic carbocycles. The van der Waals surface area contributed by atoms with E-state index in [1.54, 1.807) is 0 Å². The summed E-state index contributed by atoms with van der Waals surface area (Å²) in [5.41, 5.74) is 0.562. The number of hydrogen-bond acceptors (Lipinski definition) is 3. The molecule has 1 N–H and O–H groups in total. The highest BCUT2D eigenvalue weighted by molar-refractivity contribution is 5.83. The third-order valence-electron chi connectivity index (χ3n) is 11.9. The Labute approximate surface area is 190 Å². The summed E-state index contributed by atoms with van der Waals surface area (Å²) in [6.07, 6.45) is 11.4. The van der Waals surface area contributed by atoms with E-state index in [0.717, 1.165) is 55.4 Å². The molecule has 5 fully saturated rings. The number of rotatable bonds is 2. The van der Waals surface area contributed by atoms with Crippen molar-refractivity contribution in [3.8, 4) is 0 Å². The van der Waals surface area contributed by atoms with Crippen molar-refractivity contribution in [2.75, 3.05) is 13.6 Å². The van der Waals surface area contributed by atoms with Crippen molar-refractivity contribution >= 4 is 5.78 Å². The highest BCUT2D eigenvalue weighted by atomic mass is 16.3. The highest BCUT2D eigenvalue weighted by Crippen LogP contribution is 2.68. The van der Waals surface area contributed by atoms with Crippen LogP contribution in [0.1, 0.15) is 91.9 Å². The van der Waals surface area contributed by atoms with Crippen molar-refractivity contribution in [2.45, 2.75) is 104 Å². The molecule has 3 heteroatoms. The lowest BCUT2D eigenvalue weighted by atomic mass is 9.44. The largest absolute Gasteiger partial charge is 0.393 e. The van der Waals surface area contributed by atoms with Crippen LogP contribution in [0.3, 0.4) is 0 Å². The molecule has 11 atom stereocenters. The summed E-state index contributed by atoms with van der Waals surface area (Å²) < 4.78 is 0. The van der Waals surface area contributed by atoms with Gasteiger partial charge in [0.05, 0.1) is 6.10 Å². The van der Waals surface area contributed by atoms with Gasteiger partial charge in [-0.15, -0.1) is 0 Å². The molecular weight excluding hydrogens is 382 g/mol. The lowest BCUT2D eigenvalue weighted by Gasteiger charge is -2.60. The molecule has 0 aromatic rings. The molecule has 4 saturated carbocycles. The molecular formula is C28H47NO2. The summed E-state index contributed by atoms with van der Waals surface area (Å²) in [7, 11) is 2.36. The van der Waals surface area contributed by atoms with Crippen LogP contribution in [0.5, 0.6) is 0 Å². The van der Waals surface area contributed by atoms with Crippen LogP contribution >= 0.6 is 0 Å². The normalized spacial score (nSPS) is 54.1. The van der Waals surface area contributed by atoms with Crippen LogP contribution in [0, 0.1) is 52.3 Å². The minimum Gasteiger partial charge on any atom is -0.393 e. The summed E-state index contributed by atoms with van der Waals surface area (Å²) in [5.74, 6) is 5.06. The first kappa shape index (κ1) is 22.4. The summed E-state index contributed by atoms with van der Waals surface area (Å²) >= 11 is 0. The van der Waals surface area contributed by atoms with E-state index >= 15 is 0 Å². The van der Waals surface area contributed by atoms with E-state index in [0.29, 0.717) is 23.0 Å². The number of carbonyl (C=O) groups is 1. The summed E-state index contributed by atoms with van der Waals surface area (Å²) in [5, 5.41) is 10.3. The molecule has 5 aliphatic rings. The molecule has 0 spiro atoms. The second-order valence-electron chi connectivity index (χ2n) is 13.3. The fourth-order valence-electron chi connectivity index (χ4n) is 10.3. The monoisotopic (exact) mass is 429 g/mol. The topological polar surface area (TPSA) is 40.5 Å². The molecule has 31 heavy (non-hydrogen) atoms. The number of Topliss-reactive ketones (excluding diaryl/α,β-unsaturated/α-hetero) is 1. The van der Waals surface area contributed by atoms with E-state index in [2.05, 4.69) is 39.6 Å². The van der Waals surface area contributed by atoms with Gasteiger partial charge in [0.25, 0.3) is 0 Å². The van der Waals surface area contributed by atoms with Gasteiger partial charge in [0.15, 0.2) is 0 Å². The number of nitrogens with zero attached hydrogens (tertiary/aromatic N) is 1. The van der Waals surface area contributed by atoms with Crippen LogP contribution in [0.25, 0.3) is 0 Å². The van der Waals surface area contributed by atoms with Crippen molar-refractivity contribution in [2.24, 2.45) is 52.3 Å². The van der Waals surface area contributed by atoms with Gasteiger partial charge in [0, 0.05) is 24.9 Å². The van der Waals surface area contributed by atoms with Crippen LogP contribution < -0.4 is 0 Å². The molecule has 0 aromatic heterocycles. The Hall–Kier alpha value is -0.410. The molecule has 0 aromatic carbocycles. The van der Waals surface area contributed by atoms with E-state index in [-0.39, 0.29) is 17.4 Å². The molecule has 0 bridgehead atoms. The molecule has 5 rings (SSSR count). The van der Waals surface area contributed by atoms with Crippen molar-refractivity contribution in [3.05, 3.63) is 0 Å². The van der Waals surface area contributed by atoms with Crippen molar-refractivity contribution in [3.63, 3.8) is 0 Å². The Morgan fingerprint density at radius 2 is 1.71 bits per heavy atom. The SMILES string of the molecule is CC1CCC([C@@H](C)C2CC[C@H]3[C@@H]4CC(=O)[C@@H]5C[C@@H](O)CC[C@]5(C)[C@H]4CC[C@]23C)N(C)C1. The predicted molar refractivity (Wildman–Crippen MR) is 126 cm³/mol. The Morgan fingerprint density at radius 1 is 1.00 bits per heavy atom. The number of aliphatic hydroxyl groups is 1. The highest BCUT2D eigenvalue weighted by Gasteiger charge is 2.62. The van der Waals surface area contributed by atoms with Gasteiger partial charge in [-0.05, 0) is 111 Å². The third-order valence-corrected chi connectivity index (χ3v) is 11.9. The quantitative estimate of drug-likeness (QED) is 0.625. The van der Waals surface area contributed by atoms with Gasteiger partial charge < -0.3 is 10.0 Å². The lowest BCUT2D eigenvalue weighted by Crippen LogP contribution is -2.57. The Balaban J connectivity index is 1.37. The Morgan fingerprint density at radius 3 is 2.45 bits per heavy atom. The first-order valence-corrected chi connectivity index (χ1v) is 13.6. The fraction of sp³-hybridized carbons (Fsp3) is 0.964. The van der Waals surface area contributed by atoms with E-state index in [9.17, 15) is 9.90 Å². The number of ketones is 1. The van der Waals surface area contributed by atoms with Crippen LogP contribution in [-0.4, -0.2) is 41.5 Å². The van der Waals surface area contributed by atoms with Crippen molar-refractivity contribution in [1.82, 2.24) is 4.90 Å². The van der Waals surface area contributed by atoms with Gasteiger partial charge in [0.2, 0.25) is 0 Å². The summed E-state index contributed by atoms with van der Waals surface area (Å²) in [6, 6.07) is 0.740. The molecule has 0 amide bonds. The maximum atomic E-state index is 13.3. The second-order valence-corrected chi connectivity index (χ2v) is 13.3. The van der Waals surface area contributed by atoms with E-state index < -0.39 is 0 Å². The minimum atomic E-state index is -0.251. The first-order chi connectivity index (χ1) is 14.6. The lowest BCUT2D eigenvalue weighted by molar-refractivity contribution is -0.160. The minimum absolute atomic E-state index is 0.121. The fourth-order valence-corrected chi connectivity index (χ4v) is 10.3. The van der Waals surface area contributed by atoms with Crippen molar-refractivity contribution in [1.29, 1.82) is 0 Å². The zero-order valence-corrected chi connectivity index (χ0v) is 20.8. The van der Waals surface area contributed by atoms with Gasteiger partial charge in [-0.3, -0.25) is 4.79 Å². The predicted octanol–water partition coefficient (Wildman–Crippen LogP) is 5.55. The number of fused-ring (bicyclic) bond motifs is 5. The first-order valence-electron chi connectivity index (χ1n) is 13.6. The third kappa shape index (κ3) is 3.38. The number of carbonyl (C=O) groups excluding carboxylic acids is 1. The van der Waals surface area contributed by atoms with E-state index in [4.69, 9.17) is 0 Å². The molecule has 0 radical (unpaired) electrons. The standard InChI is InChI=1S/C28H47NO2/c1-17-6-9-25(29(5)16-17)18(2)21-7-8-22-20-15-26(31)24-14-19(30)10-12-28(24,4)23(20)11-13-27(21,22)3/h17-25,30H,6-16H2,1-5H3/t17?,18-,19-,20-,21?,22-,23-,24-,25?,27+,28+/m0/s1. The van der Waals surface area contributed by atoms with E-state index in [1.807, 2.05) is 0 Å². The summed E-state index contributed by atoms with van der Waals surface area (Å²) in [6.45, 7) is 11.3. The van der Waals surface area contributed by atoms with Crippen LogP contribution in [-0.2, 0) is 4.79 Å². The Kier molecular flexibility index (Phi) is 5.65. The molecule has 1 aliphatic heterocycles. The van der Waals surface area contributed by atoms with Gasteiger partial charge in [-0.1, -0.05) is 27.7 Å². The maximum Gasteiger partial charge on any atom is 0.136 e. The smallest absolute Gasteiger partial charge is 0.136 e. The Bertz CT molecular complexity index is 707. The number of likely N-dealkylation sites (tertiary alicyclic amines) is 1. The van der Waals surface area contributed by atoms with Crippen molar-refractivity contribution < 1.29 is 9.90 Å². The van der Waals surface area contributed by atoms with E-state index in [1.165, 1.54) is 45.1 Å². The summed E-state index contributed by atoms with van der Waals surface area (Å²) in [4.78, 5) is 16.0. The molecule has 176 valence electrons. The zero-order chi connectivity index (χ0) is 22.1. The van der Waals surface area contributed by atoms with Gasteiger partial charge in [-0.2, -0.15) is 0 Å². The van der Waals surface area contributed by atoms with Gasteiger partial charge >= 0.3 is 0 Å². The van der Waals surface area contributed by atoms with Crippen LogP contribution in [0.2, 0.25) is 0 Å². The number of piperidine rings is 1. The van der Waals surface area contributed by atoms with Gasteiger partial charge in [-0.25, -0.2) is 0 Å². The zero-order valence-electron chi connectivity index (χ0n) is 20.8. The average molecular weight is 430 g/mol. The van der Waals surface area contributed by atoms with Crippen LogP contribution in [0.15, 0.2) is 0 Å². The number of aliphatic hydroxyl groups excluding tert-OH is 1. The van der Waals surface area contributed by atoms with Crippen LogP contribution in [0.4, 0.5) is 0 Å². The molecule has 3 nitrogen and oxygen atoms in total.